The number of aromatic nitrogens is 2. The van der Waals surface area contributed by atoms with Crippen molar-refractivity contribution in [3.63, 3.8) is 0 Å². The van der Waals surface area contributed by atoms with Crippen molar-refractivity contribution in [3.05, 3.63) is 54.1 Å². The van der Waals surface area contributed by atoms with E-state index in [4.69, 9.17) is 5.73 Å². The van der Waals surface area contributed by atoms with Crippen molar-refractivity contribution < 1.29 is 9.59 Å². The molecule has 0 fully saturated rings. The first-order chi connectivity index (χ1) is 11.1. The van der Waals surface area contributed by atoms with E-state index in [1.165, 1.54) is 0 Å². The summed E-state index contributed by atoms with van der Waals surface area (Å²) in [6.07, 6.45) is 0.774. The Morgan fingerprint density at radius 3 is 2.70 bits per heavy atom. The zero-order valence-electron chi connectivity index (χ0n) is 12.6. The standard InChI is InChI=1S/C17H16N4O2/c1-20(16(23)12-5-3-2-4-6-12)13-7-8-15-14(11-13)19-17(18)21(15)9-10-22/h2-8,10-11H,9H2,1H3,(H2,18,19). The molecule has 0 spiro atoms. The molecule has 0 unspecified atom stereocenters. The molecule has 0 radical (unpaired) electrons. The van der Waals surface area contributed by atoms with Crippen LogP contribution in [0.1, 0.15) is 10.4 Å². The first kappa shape index (κ1) is 14.8. The lowest BCUT2D eigenvalue weighted by Gasteiger charge is -2.17. The van der Waals surface area contributed by atoms with Crippen LogP contribution in [0, 0.1) is 0 Å². The van der Waals surface area contributed by atoms with Crippen molar-refractivity contribution in [1.82, 2.24) is 9.55 Å². The van der Waals surface area contributed by atoms with E-state index in [1.807, 2.05) is 30.3 Å². The van der Waals surface area contributed by atoms with Gasteiger partial charge in [-0.25, -0.2) is 4.98 Å². The van der Waals surface area contributed by atoms with Crippen molar-refractivity contribution in [2.24, 2.45) is 0 Å². The van der Waals surface area contributed by atoms with E-state index in [-0.39, 0.29) is 18.4 Å². The fraction of sp³-hybridized carbons (Fsp3) is 0.118. The second-order valence-electron chi connectivity index (χ2n) is 5.15. The fourth-order valence-corrected chi connectivity index (χ4v) is 2.50. The van der Waals surface area contributed by atoms with Crippen molar-refractivity contribution in [2.75, 3.05) is 17.7 Å². The first-order valence-electron chi connectivity index (χ1n) is 7.14. The van der Waals surface area contributed by atoms with Gasteiger partial charge in [-0.2, -0.15) is 0 Å². The monoisotopic (exact) mass is 308 g/mol. The summed E-state index contributed by atoms with van der Waals surface area (Å²) in [4.78, 5) is 29.0. The SMILES string of the molecule is CN(C(=O)c1ccccc1)c1ccc2c(c1)nc(N)n2CC=O. The van der Waals surface area contributed by atoms with Crippen molar-refractivity contribution >= 4 is 34.9 Å². The molecule has 0 atom stereocenters. The smallest absolute Gasteiger partial charge is 0.258 e. The molecule has 3 aromatic rings. The van der Waals surface area contributed by atoms with Crippen molar-refractivity contribution in [3.8, 4) is 0 Å². The van der Waals surface area contributed by atoms with Gasteiger partial charge in [-0.05, 0) is 30.3 Å². The molecule has 1 aromatic heterocycles. The third-order valence-electron chi connectivity index (χ3n) is 3.73. The van der Waals surface area contributed by atoms with Gasteiger partial charge in [0.1, 0.15) is 6.29 Å². The molecule has 116 valence electrons. The predicted molar refractivity (Wildman–Crippen MR) is 89.4 cm³/mol. The molecule has 0 aliphatic carbocycles. The number of carbonyl (C=O) groups is 2. The van der Waals surface area contributed by atoms with E-state index < -0.39 is 0 Å². The van der Waals surface area contributed by atoms with Gasteiger partial charge in [0.15, 0.2) is 0 Å². The molecule has 2 N–H and O–H groups in total. The van der Waals surface area contributed by atoms with Gasteiger partial charge in [-0.3, -0.25) is 4.79 Å². The number of aldehydes is 1. The van der Waals surface area contributed by atoms with E-state index in [2.05, 4.69) is 4.98 Å². The van der Waals surface area contributed by atoms with Gasteiger partial charge in [0.05, 0.1) is 17.6 Å². The molecule has 1 heterocycles. The zero-order valence-corrected chi connectivity index (χ0v) is 12.6. The number of nitrogens with zero attached hydrogens (tertiary/aromatic N) is 3. The minimum Gasteiger partial charge on any atom is -0.369 e. The Kier molecular flexibility index (Phi) is 3.80. The fourth-order valence-electron chi connectivity index (χ4n) is 2.50. The Labute approximate surface area is 133 Å². The third-order valence-corrected chi connectivity index (χ3v) is 3.73. The number of nitrogen functional groups attached to an aromatic ring is 1. The average Bonchev–Trinajstić information content (AvgIpc) is 2.89. The van der Waals surface area contributed by atoms with Crippen LogP contribution >= 0.6 is 0 Å². The summed E-state index contributed by atoms with van der Waals surface area (Å²) in [5, 5.41) is 0. The van der Waals surface area contributed by atoms with Crippen LogP contribution in [0.15, 0.2) is 48.5 Å². The molecule has 1 amide bonds. The maximum absolute atomic E-state index is 12.5. The number of anilines is 2. The highest BCUT2D eigenvalue weighted by atomic mass is 16.2. The van der Waals surface area contributed by atoms with Gasteiger partial charge in [0.25, 0.3) is 5.91 Å². The number of rotatable bonds is 4. The van der Waals surface area contributed by atoms with Crippen molar-refractivity contribution in [2.45, 2.75) is 6.54 Å². The second-order valence-corrected chi connectivity index (χ2v) is 5.15. The number of imidazole rings is 1. The number of amides is 1. The lowest BCUT2D eigenvalue weighted by Crippen LogP contribution is -2.26. The van der Waals surface area contributed by atoms with E-state index in [0.29, 0.717) is 16.8 Å². The van der Waals surface area contributed by atoms with Crippen LogP contribution < -0.4 is 10.6 Å². The summed E-state index contributed by atoms with van der Waals surface area (Å²) in [7, 11) is 1.71. The predicted octanol–water partition coefficient (Wildman–Crippen LogP) is 2.09. The molecule has 6 nitrogen and oxygen atoms in total. The average molecular weight is 308 g/mol. The number of nitrogens with two attached hydrogens (primary N) is 1. The second kappa shape index (κ2) is 5.92. The van der Waals surface area contributed by atoms with E-state index in [1.54, 1.807) is 34.7 Å². The van der Waals surface area contributed by atoms with Gasteiger partial charge in [0.2, 0.25) is 5.95 Å². The largest absolute Gasteiger partial charge is 0.369 e. The maximum atomic E-state index is 12.5. The molecule has 3 rings (SSSR count). The van der Waals surface area contributed by atoms with Crippen molar-refractivity contribution in [1.29, 1.82) is 0 Å². The number of benzene rings is 2. The van der Waals surface area contributed by atoms with Crippen LogP contribution in [0.5, 0.6) is 0 Å². The molecule has 0 bridgehead atoms. The lowest BCUT2D eigenvalue weighted by molar-refractivity contribution is -0.108. The van der Waals surface area contributed by atoms with Gasteiger partial charge >= 0.3 is 0 Å². The molecule has 6 heteroatoms. The summed E-state index contributed by atoms with van der Waals surface area (Å²) >= 11 is 0. The van der Waals surface area contributed by atoms with Crippen LogP contribution in [0.3, 0.4) is 0 Å². The van der Waals surface area contributed by atoms with E-state index in [0.717, 1.165) is 11.8 Å². The minimum absolute atomic E-state index is 0.106. The minimum atomic E-state index is -0.106. The Hall–Kier alpha value is -3.15. The Bertz CT molecular complexity index is 871. The summed E-state index contributed by atoms with van der Waals surface area (Å²) in [6.45, 7) is 0.153. The normalized spacial score (nSPS) is 10.7. The quantitative estimate of drug-likeness (QED) is 0.748. The highest BCUT2D eigenvalue weighted by Crippen LogP contribution is 2.24. The van der Waals surface area contributed by atoms with Gasteiger partial charge in [0, 0.05) is 18.3 Å². The highest BCUT2D eigenvalue weighted by molar-refractivity contribution is 6.06. The highest BCUT2D eigenvalue weighted by Gasteiger charge is 2.15. The van der Waals surface area contributed by atoms with Crippen LogP contribution in [-0.2, 0) is 11.3 Å². The molecule has 0 aliphatic heterocycles. The van der Waals surface area contributed by atoms with Crippen LogP contribution in [0.4, 0.5) is 11.6 Å². The summed E-state index contributed by atoms with van der Waals surface area (Å²) in [6, 6.07) is 14.5. The van der Waals surface area contributed by atoms with Gasteiger partial charge < -0.3 is 20.0 Å². The van der Waals surface area contributed by atoms with Crippen LogP contribution in [0.2, 0.25) is 0 Å². The van der Waals surface area contributed by atoms with Crippen LogP contribution in [0.25, 0.3) is 11.0 Å². The number of carbonyl (C=O) groups excluding carboxylic acids is 2. The molecule has 23 heavy (non-hydrogen) atoms. The number of fused-ring (bicyclic) bond motifs is 1. The van der Waals surface area contributed by atoms with Gasteiger partial charge in [-0.1, -0.05) is 18.2 Å². The summed E-state index contributed by atoms with van der Waals surface area (Å²) in [5.74, 6) is 0.173. The molecule has 0 aliphatic rings. The topological polar surface area (TPSA) is 81.2 Å². The molecular weight excluding hydrogens is 292 g/mol. The van der Waals surface area contributed by atoms with E-state index >= 15 is 0 Å². The summed E-state index contributed by atoms with van der Waals surface area (Å²) < 4.78 is 1.63. The lowest BCUT2D eigenvalue weighted by atomic mass is 10.2. The Morgan fingerprint density at radius 2 is 2.00 bits per heavy atom. The maximum Gasteiger partial charge on any atom is 0.258 e. The first-order valence-corrected chi connectivity index (χ1v) is 7.14. The molecule has 0 saturated carbocycles. The molecule has 0 saturated heterocycles. The third kappa shape index (κ3) is 2.66. The van der Waals surface area contributed by atoms with Gasteiger partial charge in [-0.15, -0.1) is 0 Å². The van der Waals surface area contributed by atoms with E-state index in [9.17, 15) is 9.59 Å². The zero-order chi connectivity index (χ0) is 16.4. The van der Waals surface area contributed by atoms with Crippen LogP contribution in [-0.4, -0.2) is 28.8 Å². The Balaban J connectivity index is 1.97. The summed E-state index contributed by atoms with van der Waals surface area (Å²) in [5.41, 5.74) is 8.56. The number of hydrogen-bond acceptors (Lipinski definition) is 4. The number of hydrogen-bond donors (Lipinski definition) is 1. The molecular formula is C17H16N4O2. The Morgan fingerprint density at radius 1 is 1.26 bits per heavy atom. The molecule has 2 aromatic carbocycles.